The Kier molecular flexibility index (Phi) is 4.72. The summed E-state index contributed by atoms with van der Waals surface area (Å²) in [4.78, 5) is 5.49. The highest BCUT2D eigenvalue weighted by atomic mass is 32.1. The Labute approximate surface area is 149 Å². The van der Waals surface area contributed by atoms with Gasteiger partial charge < -0.3 is 10.2 Å². The van der Waals surface area contributed by atoms with Crippen molar-refractivity contribution < 1.29 is 10.2 Å². The van der Waals surface area contributed by atoms with Crippen LogP contribution in [0.3, 0.4) is 0 Å². The molecule has 0 unspecified atom stereocenters. The molecule has 3 rings (SSSR count). The summed E-state index contributed by atoms with van der Waals surface area (Å²) in [6, 6.07) is 10.6. The molecular weight excluding hydrogens is 334 g/mol. The Morgan fingerprint density at radius 2 is 1.84 bits per heavy atom. The molecule has 0 spiro atoms. The first-order chi connectivity index (χ1) is 11.9. The van der Waals surface area contributed by atoms with E-state index in [4.69, 9.17) is 4.99 Å². The first-order valence-electron chi connectivity index (χ1n) is 7.79. The van der Waals surface area contributed by atoms with Crippen molar-refractivity contribution in [2.45, 2.75) is 20.8 Å². The van der Waals surface area contributed by atoms with Gasteiger partial charge in [0.2, 0.25) is 4.80 Å². The predicted octanol–water partition coefficient (Wildman–Crippen LogP) is 4.00. The van der Waals surface area contributed by atoms with Crippen molar-refractivity contribution in [1.29, 1.82) is 0 Å². The van der Waals surface area contributed by atoms with Crippen molar-refractivity contribution in [2.75, 3.05) is 0 Å². The van der Waals surface area contributed by atoms with Gasteiger partial charge in [-0.2, -0.15) is 5.10 Å². The minimum atomic E-state index is -0.0229. The van der Waals surface area contributed by atoms with Gasteiger partial charge in [0.1, 0.15) is 11.5 Å². The van der Waals surface area contributed by atoms with E-state index < -0.39 is 0 Å². The summed E-state index contributed by atoms with van der Waals surface area (Å²) in [7, 11) is 0. The van der Waals surface area contributed by atoms with Gasteiger partial charge in [-0.15, -0.1) is 11.3 Å². The summed E-state index contributed by atoms with van der Waals surface area (Å²) < 4.78 is 1.73. The topological polar surface area (TPSA) is 70.1 Å². The van der Waals surface area contributed by atoms with Crippen LogP contribution in [0.15, 0.2) is 51.9 Å². The van der Waals surface area contributed by atoms with Gasteiger partial charge in [0.25, 0.3) is 0 Å². The third-order valence-electron chi connectivity index (χ3n) is 3.76. The number of hydrogen-bond acceptors (Lipinski definition) is 5. The monoisotopic (exact) mass is 353 g/mol. The minimum absolute atomic E-state index is 0.0135. The molecule has 0 fully saturated rings. The lowest BCUT2D eigenvalue weighted by Crippen LogP contribution is -2.11. The third-order valence-corrected chi connectivity index (χ3v) is 4.69. The fourth-order valence-corrected chi connectivity index (χ4v) is 3.12. The lowest BCUT2D eigenvalue weighted by molar-refractivity contribution is 0.450. The van der Waals surface area contributed by atoms with Gasteiger partial charge in [0.15, 0.2) is 0 Å². The van der Waals surface area contributed by atoms with Crippen LogP contribution in [-0.2, 0) is 0 Å². The lowest BCUT2D eigenvalue weighted by atomic mass is 10.1. The molecule has 1 heterocycles. The van der Waals surface area contributed by atoms with Crippen molar-refractivity contribution in [3.63, 3.8) is 0 Å². The molecule has 0 aliphatic heterocycles. The molecule has 0 bridgehead atoms. The number of nitrogens with zero attached hydrogens (tertiary/aromatic N) is 3. The van der Waals surface area contributed by atoms with Crippen molar-refractivity contribution in [3.8, 4) is 11.5 Å². The van der Waals surface area contributed by atoms with Crippen LogP contribution in [0.5, 0.6) is 11.5 Å². The van der Waals surface area contributed by atoms with E-state index in [1.54, 1.807) is 17.0 Å². The number of aromatic hydroxyl groups is 2. The molecule has 128 valence electrons. The summed E-state index contributed by atoms with van der Waals surface area (Å²) in [6.45, 7) is 6.02. The van der Waals surface area contributed by atoms with Gasteiger partial charge in [-0.05, 0) is 50.1 Å². The Hall–Kier alpha value is -2.86. The molecule has 0 saturated heterocycles. The zero-order valence-electron chi connectivity index (χ0n) is 14.3. The van der Waals surface area contributed by atoms with E-state index in [9.17, 15) is 10.2 Å². The second-order valence-electron chi connectivity index (χ2n) is 5.86. The van der Waals surface area contributed by atoms with Crippen molar-refractivity contribution in [2.24, 2.45) is 10.1 Å². The maximum absolute atomic E-state index is 9.88. The van der Waals surface area contributed by atoms with Crippen molar-refractivity contribution in [3.05, 3.63) is 69.0 Å². The van der Waals surface area contributed by atoms with E-state index in [1.807, 2.05) is 32.2 Å². The molecule has 0 saturated carbocycles. The van der Waals surface area contributed by atoms with E-state index in [0.717, 1.165) is 27.3 Å². The molecule has 0 amide bonds. The minimum Gasteiger partial charge on any atom is -0.508 e. The molecule has 0 radical (unpaired) electrons. The smallest absolute Gasteiger partial charge is 0.211 e. The summed E-state index contributed by atoms with van der Waals surface area (Å²) in [5.41, 5.74) is 4.64. The van der Waals surface area contributed by atoms with E-state index in [0.29, 0.717) is 5.56 Å². The molecule has 5 nitrogen and oxygen atoms in total. The Balaban J connectivity index is 2.04. The van der Waals surface area contributed by atoms with Gasteiger partial charge in [-0.1, -0.05) is 12.1 Å². The molecule has 2 N–H and O–H groups in total. The highest BCUT2D eigenvalue weighted by molar-refractivity contribution is 7.07. The standard InChI is InChI=1S/C19H19N3O2S/c1-12-4-5-13(2)17(8-12)21-19-22(14(3)11-25-19)20-10-15-6-7-16(23)9-18(15)24/h4-11,23-24H,1-3H3. The second kappa shape index (κ2) is 6.94. The highest BCUT2D eigenvalue weighted by Crippen LogP contribution is 2.21. The summed E-state index contributed by atoms with van der Waals surface area (Å²) in [5.74, 6) is -0.00937. The number of phenols is 2. The number of aromatic nitrogens is 1. The van der Waals surface area contributed by atoms with E-state index in [-0.39, 0.29) is 11.5 Å². The first kappa shape index (κ1) is 17.0. The van der Waals surface area contributed by atoms with Gasteiger partial charge in [-0.3, -0.25) is 0 Å². The number of aryl methyl sites for hydroxylation is 3. The van der Waals surface area contributed by atoms with Crippen LogP contribution in [0, 0.1) is 20.8 Å². The van der Waals surface area contributed by atoms with Crippen LogP contribution in [0.25, 0.3) is 0 Å². The van der Waals surface area contributed by atoms with Crippen LogP contribution >= 0.6 is 11.3 Å². The molecule has 25 heavy (non-hydrogen) atoms. The number of rotatable bonds is 3. The fraction of sp³-hybridized carbons (Fsp3) is 0.158. The van der Waals surface area contributed by atoms with Crippen LogP contribution in [-0.4, -0.2) is 21.1 Å². The normalized spacial score (nSPS) is 12.2. The molecule has 3 aromatic rings. The Morgan fingerprint density at radius 1 is 1.04 bits per heavy atom. The quantitative estimate of drug-likeness (QED) is 0.699. The Bertz CT molecular complexity index is 1020. The molecular formula is C19H19N3O2S. The highest BCUT2D eigenvalue weighted by Gasteiger charge is 2.03. The predicted molar refractivity (Wildman–Crippen MR) is 101 cm³/mol. The number of thiazole rings is 1. The van der Waals surface area contributed by atoms with E-state index >= 15 is 0 Å². The molecule has 0 aliphatic rings. The molecule has 6 heteroatoms. The van der Waals surface area contributed by atoms with Crippen molar-refractivity contribution >= 4 is 23.2 Å². The maximum atomic E-state index is 9.88. The molecule has 0 atom stereocenters. The van der Waals surface area contributed by atoms with Crippen LogP contribution in [0.1, 0.15) is 22.4 Å². The summed E-state index contributed by atoms with van der Waals surface area (Å²) >= 11 is 1.51. The number of phenolic OH excluding ortho intramolecular Hbond substituents is 2. The summed E-state index contributed by atoms with van der Waals surface area (Å²) in [5, 5.41) is 25.7. The lowest BCUT2D eigenvalue weighted by Gasteiger charge is -2.03. The number of benzene rings is 2. The largest absolute Gasteiger partial charge is 0.508 e. The second-order valence-corrected chi connectivity index (χ2v) is 6.70. The zero-order valence-corrected chi connectivity index (χ0v) is 15.1. The van der Waals surface area contributed by atoms with Gasteiger partial charge in [0.05, 0.1) is 17.6 Å². The fourth-order valence-electron chi connectivity index (χ4n) is 2.31. The van der Waals surface area contributed by atoms with Crippen LogP contribution in [0.2, 0.25) is 0 Å². The molecule has 1 aromatic heterocycles. The van der Waals surface area contributed by atoms with E-state index in [1.165, 1.54) is 23.5 Å². The zero-order chi connectivity index (χ0) is 18.0. The molecule has 0 aliphatic carbocycles. The average Bonchev–Trinajstić information content (AvgIpc) is 2.90. The van der Waals surface area contributed by atoms with Crippen LogP contribution in [0.4, 0.5) is 5.69 Å². The van der Waals surface area contributed by atoms with Crippen molar-refractivity contribution in [1.82, 2.24) is 4.68 Å². The average molecular weight is 353 g/mol. The number of hydrogen-bond donors (Lipinski definition) is 2. The van der Waals surface area contributed by atoms with Gasteiger partial charge in [-0.25, -0.2) is 9.67 Å². The SMILES string of the molecule is Cc1ccc(C)c(N=c2scc(C)n2N=Cc2ccc(O)cc2O)c1. The maximum Gasteiger partial charge on any atom is 0.211 e. The Morgan fingerprint density at radius 3 is 2.60 bits per heavy atom. The third kappa shape index (κ3) is 3.80. The first-order valence-corrected chi connectivity index (χ1v) is 8.67. The summed E-state index contributed by atoms with van der Waals surface area (Å²) in [6.07, 6.45) is 1.55. The van der Waals surface area contributed by atoms with Gasteiger partial charge in [0, 0.05) is 17.0 Å². The van der Waals surface area contributed by atoms with E-state index in [2.05, 4.69) is 17.2 Å². The van der Waals surface area contributed by atoms with Crippen LogP contribution < -0.4 is 4.80 Å². The van der Waals surface area contributed by atoms with Gasteiger partial charge >= 0.3 is 0 Å². The molecule has 2 aromatic carbocycles.